The zero-order valence-corrected chi connectivity index (χ0v) is 15.9. The highest BCUT2D eigenvalue weighted by atomic mass is 127. The summed E-state index contributed by atoms with van der Waals surface area (Å²) in [6.07, 6.45) is 4.99. The lowest BCUT2D eigenvalue weighted by Gasteiger charge is -2.23. The molecule has 0 bridgehead atoms. The van der Waals surface area contributed by atoms with Crippen LogP contribution in [0.5, 0.6) is 0 Å². The van der Waals surface area contributed by atoms with Crippen LogP contribution in [0, 0.1) is 3.57 Å². The molecule has 2 aromatic heterocycles. The Balaban J connectivity index is 1.95. The van der Waals surface area contributed by atoms with E-state index in [1.165, 1.54) is 0 Å². The number of nitrogens with zero attached hydrogens (tertiary/aromatic N) is 2. The number of halogens is 1. The maximum Gasteiger partial charge on any atom is 0.343 e. The molecule has 1 unspecified atom stereocenters. The first-order valence-electron chi connectivity index (χ1n) is 8.31. The monoisotopic (exact) mass is 438 g/mol. The molecule has 1 aromatic carbocycles. The van der Waals surface area contributed by atoms with Gasteiger partial charge in [0.2, 0.25) is 0 Å². The fraction of sp³-hybridized carbons (Fsp3) is 0.444. The van der Waals surface area contributed by atoms with Crippen molar-refractivity contribution in [1.82, 2.24) is 9.78 Å². The first-order chi connectivity index (χ1) is 11.6. The predicted molar refractivity (Wildman–Crippen MR) is 101 cm³/mol. The van der Waals surface area contributed by atoms with Crippen molar-refractivity contribution in [2.45, 2.75) is 45.3 Å². The third-order valence-corrected chi connectivity index (χ3v) is 5.68. The van der Waals surface area contributed by atoms with Crippen molar-refractivity contribution in [3.63, 3.8) is 0 Å². The van der Waals surface area contributed by atoms with Gasteiger partial charge in [-0.2, -0.15) is 5.10 Å². The van der Waals surface area contributed by atoms with Gasteiger partial charge in [0.05, 0.1) is 20.7 Å². The lowest BCUT2D eigenvalue weighted by atomic mass is 10.1. The standard InChI is InChI=1S/C18H19IN2O3/c1-10(2)17-16(19)12-7-11-9-20-21(15-5-3-4-6-23-15)14(11)8-13(12)18(22)24-17/h7-10,15H,3-6H2,1-2H3. The molecule has 1 saturated heterocycles. The van der Waals surface area contributed by atoms with E-state index in [1.54, 1.807) is 0 Å². The lowest BCUT2D eigenvalue weighted by molar-refractivity contribution is -0.0366. The van der Waals surface area contributed by atoms with Crippen LogP contribution in [0.25, 0.3) is 21.7 Å². The highest BCUT2D eigenvalue weighted by molar-refractivity contribution is 14.1. The zero-order valence-electron chi connectivity index (χ0n) is 13.7. The van der Waals surface area contributed by atoms with Gasteiger partial charge in [-0.1, -0.05) is 13.8 Å². The van der Waals surface area contributed by atoms with Crippen molar-refractivity contribution in [2.24, 2.45) is 0 Å². The van der Waals surface area contributed by atoms with Crippen molar-refractivity contribution in [2.75, 3.05) is 6.61 Å². The van der Waals surface area contributed by atoms with Gasteiger partial charge in [-0.15, -0.1) is 0 Å². The molecule has 126 valence electrons. The summed E-state index contributed by atoms with van der Waals surface area (Å²) < 4.78 is 14.3. The molecule has 1 aliphatic rings. The molecule has 1 atom stereocenters. The van der Waals surface area contributed by atoms with E-state index in [1.807, 2.05) is 36.9 Å². The Kier molecular flexibility index (Phi) is 4.12. The minimum atomic E-state index is -0.284. The molecule has 3 heterocycles. The van der Waals surface area contributed by atoms with Gasteiger partial charge in [0.1, 0.15) is 5.76 Å². The number of benzene rings is 1. The number of ether oxygens (including phenoxy) is 1. The van der Waals surface area contributed by atoms with Gasteiger partial charge in [0, 0.05) is 23.3 Å². The molecule has 0 N–H and O–H groups in total. The molecule has 24 heavy (non-hydrogen) atoms. The molecular weight excluding hydrogens is 419 g/mol. The summed E-state index contributed by atoms with van der Waals surface area (Å²) in [4.78, 5) is 12.5. The molecule has 3 aromatic rings. The summed E-state index contributed by atoms with van der Waals surface area (Å²) in [5.41, 5.74) is 0.642. The van der Waals surface area contributed by atoms with Gasteiger partial charge in [-0.25, -0.2) is 9.48 Å². The Morgan fingerprint density at radius 3 is 2.83 bits per heavy atom. The van der Waals surface area contributed by atoms with Gasteiger partial charge in [0.15, 0.2) is 6.23 Å². The summed E-state index contributed by atoms with van der Waals surface area (Å²) in [5.74, 6) is 0.915. The summed E-state index contributed by atoms with van der Waals surface area (Å²) in [5, 5.41) is 7.08. The van der Waals surface area contributed by atoms with E-state index >= 15 is 0 Å². The number of hydrogen-bond donors (Lipinski definition) is 0. The van der Waals surface area contributed by atoms with Gasteiger partial charge < -0.3 is 9.15 Å². The average molecular weight is 438 g/mol. The summed E-state index contributed by atoms with van der Waals surface area (Å²) in [7, 11) is 0. The number of hydrogen-bond acceptors (Lipinski definition) is 4. The smallest absolute Gasteiger partial charge is 0.343 e. The van der Waals surface area contributed by atoms with Crippen LogP contribution in [-0.4, -0.2) is 16.4 Å². The van der Waals surface area contributed by atoms with Gasteiger partial charge >= 0.3 is 5.63 Å². The molecule has 1 aliphatic heterocycles. The van der Waals surface area contributed by atoms with Crippen molar-refractivity contribution in [1.29, 1.82) is 0 Å². The molecule has 0 aliphatic carbocycles. The molecule has 0 amide bonds. The highest BCUT2D eigenvalue weighted by Crippen LogP contribution is 2.32. The molecular formula is C18H19IN2O3. The van der Waals surface area contributed by atoms with E-state index in [2.05, 4.69) is 27.7 Å². The van der Waals surface area contributed by atoms with E-state index in [4.69, 9.17) is 9.15 Å². The fourth-order valence-corrected chi connectivity index (χ4v) is 4.47. The van der Waals surface area contributed by atoms with E-state index < -0.39 is 0 Å². The van der Waals surface area contributed by atoms with Crippen LogP contribution in [0.1, 0.15) is 51.0 Å². The highest BCUT2D eigenvalue weighted by Gasteiger charge is 2.21. The van der Waals surface area contributed by atoms with Crippen molar-refractivity contribution in [3.8, 4) is 0 Å². The summed E-state index contributed by atoms with van der Waals surface area (Å²) >= 11 is 2.27. The molecule has 5 nitrogen and oxygen atoms in total. The Morgan fingerprint density at radius 2 is 2.12 bits per heavy atom. The molecule has 6 heteroatoms. The van der Waals surface area contributed by atoms with Crippen LogP contribution < -0.4 is 5.63 Å². The minimum Gasteiger partial charge on any atom is -0.426 e. The maximum absolute atomic E-state index is 12.5. The maximum atomic E-state index is 12.5. The second kappa shape index (κ2) is 6.15. The van der Waals surface area contributed by atoms with E-state index in [0.29, 0.717) is 5.39 Å². The topological polar surface area (TPSA) is 57.3 Å². The molecule has 4 rings (SSSR count). The van der Waals surface area contributed by atoms with Gasteiger partial charge in [-0.3, -0.25) is 0 Å². The van der Waals surface area contributed by atoms with E-state index in [9.17, 15) is 4.79 Å². The second-order valence-corrected chi connectivity index (χ2v) is 7.67. The Hall–Kier alpha value is -1.41. The average Bonchev–Trinajstić information content (AvgIpc) is 3.00. The number of rotatable bonds is 2. The zero-order chi connectivity index (χ0) is 16.8. The molecule has 0 saturated carbocycles. The molecule has 0 radical (unpaired) electrons. The predicted octanol–water partition coefficient (Wildman–Crippen LogP) is 4.57. The van der Waals surface area contributed by atoms with Crippen molar-refractivity contribution in [3.05, 3.63) is 38.1 Å². The molecule has 1 fully saturated rings. The first-order valence-corrected chi connectivity index (χ1v) is 9.39. The van der Waals surface area contributed by atoms with Crippen LogP contribution in [0.4, 0.5) is 0 Å². The first kappa shape index (κ1) is 16.1. The van der Waals surface area contributed by atoms with Crippen molar-refractivity contribution >= 4 is 44.3 Å². The van der Waals surface area contributed by atoms with Crippen LogP contribution in [0.2, 0.25) is 0 Å². The van der Waals surface area contributed by atoms with Crippen LogP contribution >= 0.6 is 22.6 Å². The number of fused-ring (bicyclic) bond motifs is 2. The normalized spacial score (nSPS) is 18.8. The van der Waals surface area contributed by atoms with Crippen LogP contribution in [0.3, 0.4) is 0 Å². The minimum absolute atomic E-state index is 0.0465. The summed E-state index contributed by atoms with van der Waals surface area (Å²) in [6, 6.07) is 3.94. The van der Waals surface area contributed by atoms with E-state index in [-0.39, 0.29) is 17.8 Å². The summed E-state index contributed by atoms with van der Waals surface area (Å²) in [6.45, 7) is 4.82. The third kappa shape index (κ3) is 2.56. The largest absolute Gasteiger partial charge is 0.426 e. The second-order valence-electron chi connectivity index (χ2n) is 6.59. The molecule has 0 spiro atoms. The Bertz CT molecular complexity index is 968. The van der Waals surface area contributed by atoms with E-state index in [0.717, 1.165) is 51.5 Å². The third-order valence-electron chi connectivity index (χ3n) is 4.56. The van der Waals surface area contributed by atoms with Crippen LogP contribution in [0.15, 0.2) is 27.5 Å². The van der Waals surface area contributed by atoms with Crippen molar-refractivity contribution < 1.29 is 9.15 Å². The SMILES string of the molecule is CC(C)c1oc(=O)c2cc3c(cnn3C3CCCCO3)cc2c1I. The Labute approximate surface area is 153 Å². The fourth-order valence-electron chi connectivity index (χ4n) is 3.29. The lowest BCUT2D eigenvalue weighted by Crippen LogP contribution is -2.19. The Morgan fingerprint density at radius 1 is 1.29 bits per heavy atom. The van der Waals surface area contributed by atoms with Gasteiger partial charge in [0.25, 0.3) is 0 Å². The number of aromatic nitrogens is 2. The van der Waals surface area contributed by atoms with Gasteiger partial charge in [-0.05, 0) is 54.0 Å². The van der Waals surface area contributed by atoms with Crippen LogP contribution in [-0.2, 0) is 4.74 Å². The quantitative estimate of drug-likeness (QED) is 0.551.